The highest BCUT2D eigenvalue weighted by Crippen LogP contribution is 2.37. The van der Waals surface area contributed by atoms with Crippen LogP contribution in [0.2, 0.25) is 10.0 Å². The SMILES string of the molecule is O=C(COC(=O)c1sc2cc(Cl)ccc2c1Cl)Nc1cccc(S(=O)(=O)N2CCOCC2)c1. The van der Waals surface area contributed by atoms with Crippen molar-refractivity contribution in [2.75, 3.05) is 38.2 Å². The Morgan fingerprint density at radius 2 is 1.88 bits per heavy atom. The molecule has 0 spiro atoms. The van der Waals surface area contributed by atoms with E-state index < -0.39 is 28.5 Å². The molecule has 2 heterocycles. The molecule has 0 saturated carbocycles. The van der Waals surface area contributed by atoms with E-state index in [1.807, 2.05) is 0 Å². The van der Waals surface area contributed by atoms with Gasteiger partial charge in [0.15, 0.2) is 6.61 Å². The van der Waals surface area contributed by atoms with E-state index in [1.165, 1.54) is 22.5 Å². The number of carbonyl (C=O) groups is 2. The number of morpholine rings is 1. The third-order valence-corrected chi connectivity index (χ3v) is 8.60. The van der Waals surface area contributed by atoms with E-state index in [-0.39, 0.29) is 33.6 Å². The summed E-state index contributed by atoms with van der Waals surface area (Å²) in [6, 6.07) is 10.9. The number of anilines is 1. The third-order valence-electron chi connectivity index (χ3n) is 4.84. The molecule has 12 heteroatoms. The highest BCUT2D eigenvalue weighted by Gasteiger charge is 2.26. The summed E-state index contributed by atoms with van der Waals surface area (Å²) in [5, 5.41) is 3.96. The van der Waals surface area contributed by atoms with Gasteiger partial charge in [0, 0.05) is 33.9 Å². The molecule has 0 radical (unpaired) electrons. The van der Waals surface area contributed by atoms with Crippen LogP contribution in [0.3, 0.4) is 0 Å². The van der Waals surface area contributed by atoms with Crippen LogP contribution in [-0.4, -0.2) is 57.5 Å². The summed E-state index contributed by atoms with van der Waals surface area (Å²) in [4.78, 5) is 25.0. The maximum atomic E-state index is 12.8. The lowest BCUT2D eigenvalue weighted by atomic mass is 10.2. The first kappa shape index (κ1) is 23.9. The fourth-order valence-corrected chi connectivity index (χ4v) is 6.37. The first-order valence-corrected chi connectivity index (χ1v) is 12.8. The predicted octanol–water partition coefficient (Wildman–Crippen LogP) is 4.02. The molecule has 4 rings (SSSR count). The molecule has 0 unspecified atom stereocenters. The van der Waals surface area contributed by atoms with Crippen molar-refractivity contribution in [1.82, 2.24) is 4.31 Å². The molecule has 1 amide bonds. The highest BCUT2D eigenvalue weighted by atomic mass is 35.5. The number of sulfonamides is 1. The van der Waals surface area contributed by atoms with Gasteiger partial charge in [0.2, 0.25) is 10.0 Å². The van der Waals surface area contributed by atoms with Crippen LogP contribution in [-0.2, 0) is 24.3 Å². The molecule has 0 bridgehead atoms. The first-order valence-electron chi connectivity index (χ1n) is 9.78. The second kappa shape index (κ2) is 9.96. The number of halogens is 2. The van der Waals surface area contributed by atoms with Gasteiger partial charge in [-0.2, -0.15) is 4.31 Å². The average Bonchev–Trinajstić information content (AvgIpc) is 3.13. The minimum absolute atomic E-state index is 0.0508. The first-order chi connectivity index (χ1) is 15.8. The van der Waals surface area contributed by atoms with Crippen molar-refractivity contribution >= 4 is 72.2 Å². The van der Waals surface area contributed by atoms with E-state index in [0.717, 1.165) is 16.0 Å². The Morgan fingerprint density at radius 3 is 2.64 bits per heavy atom. The molecule has 1 N–H and O–H groups in total. The summed E-state index contributed by atoms with van der Waals surface area (Å²) in [6.07, 6.45) is 0. The Labute approximate surface area is 204 Å². The van der Waals surface area contributed by atoms with Gasteiger partial charge in [-0.25, -0.2) is 13.2 Å². The van der Waals surface area contributed by atoms with Gasteiger partial charge in [-0.05, 0) is 30.3 Å². The summed E-state index contributed by atoms with van der Waals surface area (Å²) in [5.74, 6) is -1.36. The normalized spacial score (nSPS) is 14.8. The lowest BCUT2D eigenvalue weighted by Gasteiger charge is -2.26. The average molecular weight is 529 g/mol. The number of nitrogens with zero attached hydrogens (tertiary/aromatic N) is 1. The van der Waals surface area contributed by atoms with Gasteiger partial charge in [0.05, 0.1) is 23.1 Å². The van der Waals surface area contributed by atoms with E-state index in [9.17, 15) is 18.0 Å². The third kappa shape index (κ3) is 5.32. The summed E-state index contributed by atoms with van der Waals surface area (Å²) >= 11 is 13.4. The zero-order chi connectivity index (χ0) is 23.6. The molecule has 3 aromatic rings. The Balaban J connectivity index is 1.40. The second-order valence-corrected chi connectivity index (χ2v) is 10.9. The summed E-state index contributed by atoms with van der Waals surface area (Å²) in [6.45, 7) is 0.628. The molecule has 1 aliphatic rings. The number of benzene rings is 2. The van der Waals surface area contributed by atoms with Gasteiger partial charge in [-0.1, -0.05) is 35.3 Å². The zero-order valence-electron chi connectivity index (χ0n) is 17.0. The van der Waals surface area contributed by atoms with E-state index in [2.05, 4.69) is 5.32 Å². The number of thiophene rings is 1. The van der Waals surface area contributed by atoms with E-state index in [4.69, 9.17) is 32.7 Å². The minimum atomic E-state index is -3.71. The maximum absolute atomic E-state index is 12.8. The van der Waals surface area contributed by atoms with Crippen molar-refractivity contribution in [2.45, 2.75) is 4.90 Å². The maximum Gasteiger partial charge on any atom is 0.350 e. The standard InChI is InChI=1S/C21H18Cl2N2O6S2/c22-13-4-5-16-17(10-13)32-20(19(16)23)21(27)31-12-18(26)24-14-2-1-3-15(11-14)33(28,29)25-6-8-30-9-7-25/h1-5,10-11H,6-9,12H2,(H,24,26). The molecule has 1 saturated heterocycles. The number of nitrogens with one attached hydrogen (secondary N) is 1. The molecule has 1 aliphatic heterocycles. The van der Waals surface area contributed by atoms with Crippen LogP contribution in [0.4, 0.5) is 5.69 Å². The van der Waals surface area contributed by atoms with Crippen LogP contribution in [0.25, 0.3) is 10.1 Å². The van der Waals surface area contributed by atoms with Crippen LogP contribution in [0.5, 0.6) is 0 Å². The number of esters is 1. The predicted molar refractivity (Wildman–Crippen MR) is 127 cm³/mol. The van der Waals surface area contributed by atoms with Crippen LogP contribution in [0.1, 0.15) is 9.67 Å². The van der Waals surface area contributed by atoms with Crippen molar-refractivity contribution in [1.29, 1.82) is 0 Å². The van der Waals surface area contributed by atoms with Crippen molar-refractivity contribution in [3.8, 4) is 0 Å². The van der Waals surface area contributed by atoms with Gasteiger partial charge in [0.25, 0.3) is 5.91 Å². The second-order valence-electron chi connectivity index (χ2n) is 7.05. The number of fused-ring (bicyclic) bond motifs is 1. The number of ether oxygens (including phenoxy) is 2. The zero-order valence-corrected chi connectivity index (χ0v) is 20.2. The Morgan fingerprint density at radius 1 is 1.12 bits per heavy atom. The van der Waals surface area contributed by atoms with Gasteiger partial charge < -0.3 is 14.8 Å². The number of hydrogen-bond donors (Lipinski definition) is 1. The quantitative estimate of drug-likeness (QED) is 0.484. The lowest BCUT2D eigenvalue weighted by molar-refractivity contribution is -0.119. The molecular weight excluding hydrogens is 511 g/mol. The molecule has 0 atom stereocenters. The Bertz CT molecular complexity index is 1320. The molecule has 33 heavy (non-hydrogen) atoms. The van der Waals surface area contributed by atoms with Crippen LogP contribution in [0.15, 0.2) is 47.4 Å². The van der Waals surface area contributed by atoms with Gasteiger partial charge in [-0.3, -0.25) is 4.79 Å². The molecule has 1 aromatic heterocycles. The van der Waals surface area contributed by atoms with Crippen molar-refractivity contribution in [2.24, 2.45) is 0 Å². The molecule has 8 nitrogen and oxygen atoms in total. The fraction of sp³-hybridized carbons (Fsp3) is 0.238. The van der Waals surface area contributed by atoms with E-state index in [1.54, 1.807) is 24.3 Å². The van der Waals surface area contributed by atoms with Crippen LogP contribution < -0.4 is 5.32 Å². The van der Waals surface area contributed by atoms with Crippen molar-refractivity contribution in [3.63, 3.8) is 0 Å². The highest BCUT2D eigenvalue weighted by molar-refractivity contribution is 7.89. The molecule has 2 aromatic carbocycles. The van der Waals surface area contributed by atoms with Crippen molar-refractivity contribution in [3.05, 3.63) is 57.4 Å². The number of rotatable bonds is 6. The van der Waals surface area contributed by atoms with Gasteiger partial charge >= 0.3 is 5.97 Å². The van der Waals surface area contributed by atoms with Gasteiger partial charge in [0.1, 0.15) is 4.88 Å². The van der Waals surface area contributed by atoms with Crippen LogP contribution >= 0.6 is 34.5 Å². The minimum Gasteiger partial charge on any atom is -0.451 e. The molecular formula is C21H18Cl2N2O6S2. The fourth-order valence-electron chi connectivity index (χ4n) is 3.23. The largest absolute Gasteiger partial charge is 0.451 e. The van der Waals surface area contributed by atoms with Crippen LogP contribution in [0, 0.1) is 0 Å². The Kier molecular flexibility index (Phi) is 7.22. The smallest absolute Gasteiger partial charge is 0.350 e. The number of carbonyl (C=O) groups excluding carboxylic acids is 2. The number of amides is 1. The lowest BCUT2D eigenvalue weighted by Crippen LogP contribution is -2.40. The number of hydrogen-bond acceptors (Lipinski definition) is 7. The Hall–Kier alpha value is -2.21. The van der Waals surface area contributed by atoms with Crippen molar-refractivity contribution < 1.29 is 27.5 Å². The van der Waals surface area contributed by atoms with E-state index >= 15 is 0 Å². The topological polar surface area (TPSA) is 102 Å². The summed E-state index contributed by atoms with van der Waals surface area (Å²) < 4.78 is 37.9. The molecule has 1 fully saturated rings. The summed E-state index contributed by atoms with van der Waals surface area (Å²) in [5.41, 5.74) is 0.264. The molecule has 174 valence electrons. The van der Waals surface area contributed by atoms with E-state index in [0.29, 0.717) is 23.6 Å². The molecule has 0 aliphatic carbocycles. The van der Waals surface area contributed by atoms with Gasteiger partial charge in [-0.15, -0.1) is 11.3 Å². The monoisotopic (exact) mass is 528 g/mol. The summed E-state index contributed by atoms with van der Waals surface area (Å²) in [7, 11) is -3.71.